The van der Waals surface area contributed by atoms with Gasteiger partial charge in [-0.3, -0.25) is 14.2 Å². The van der Waals surface area contributed by atoms with Crippen LogP contribution in [0.25, 0.3) is 5.69 Å². The van der Waals surface area contributed by atoms with Crippen LogP contribution in [0, 0.1) is 6.92 Å². The lowest BCUT2D eigenvalue weighted by Gasteiger charge is -2.13. The first kappa shape index (κ1) is 19.7. The van der Waals surface area contributed by atoms with Crippen LogP contribution in [0.2, 0.25) is 0 Å². The van der Waals surface area contributed by atoms with E-state index in [4.69, 9.17) is 0 Å². The SMILES string of the molecule is Cc1ccc(C(=O)NC2CC2)cc1-n1ccnc(NCCc2cccc(O)c2)c1=O. The average Bonchev–Trinajstić information content (AvgIpc) is 3.54. The molecule has 1 amide bonds. The van der Waals surface area contributed by atoms with Crippen LogP contribution in [-0.4, -0.2) is 33.2 Å². The van der Waals surface area contributed by atoms with Gasteiger partial charge in [-0.25, -0.2) is 4.98 Å². The van der Waals surface area contributed by atoms with Crippen molar-refractivity contribution in [1.82, 2.24) is 14.9 Å². The van der Waals surface area contributed by atoms with Crippen LogP contribution in [0.5, 0.6) is 5.75 Å². The van der Waals surface area contributed by atoms with E-state index in [1.54, 1.807) is 42.7 Å². The zero-order valence-electron chi connectivity index (χ0n) is 16.8. The highest BCUT2D eigenvalue weighted by Gasteiger charge is 2.24. The summed E-state index contributed by atoms with van der Waals surface area (Å²) in [6.45, 7) is 2.40. The molecule has 1 aliphatic carbocycles. The quantitative estimate of drug-likeness (QED) is 0.563. The standard InChI is InChI=1S/C23H24N4O3/c1-15-5-6-17(22(29)26-18-7-8-18)14-20(15)27-12-11-25-21(23(27)30)24-10-9-16-3-2-4-19(28)13-16/h2-6,11-14,18,28H,7-10H2,1H3,(H,24,25)(H,26,29). The van der Waals surface area contributed by atoms with Crippen molar-refractivity contribution in [3.63, 3.8) is 0 Å². The smallest absolute Gasteiger partial charge is 0.297 e. The number of aryl methyl sites for hydroxylation is 1. The van der Waals surface area contributed by atoms with Crippen LogP contribution >= 0.6 is 0 Å². The fourth-order valence-electron chi connectivity index (χ4n) is 3.27. The second-order valence-corrected chi connectivity index (χ2v) is 7.55. The Labute approximate surface area is 174 Å². The minimum absolute atomic E-state index is 0.120. The number of benzene rings is 2. The third-order valence-corrected chi connectivity index (χ3v) is 5.10. The van der Waals surface area contributed by atoms with Crippen molar-refractivity contribution in [2.45, 2.75) is 32.2 Å². The molecule has 0 saturated heterocycles. The molecule has 0 bridgehead atoms. The fraction of sp³-hybridized carbons (Fsp3) is 0.261. The lowest BCUT2D eigenvalue weighted by molar-refractivity contribution is 0.0951. The molecule has 0 unspecified atom stereocenters. The highest BCUT2D eigenvalue weighted by atomic mass is 16.3. The van der Waals surface area contributed by atoms with E-state index in [-0.39, 0.29) is 29.1 Å². The van der Waals surface area contributed by atoms with E-state index in [1.807, 2.05) is 19.1 Å². The number of phenols is 1. The van der Waals surface area contributed by atoms with Crippen LogP contribution in [0.15, 0.2) is 59.7 Å². The molecule has 0 atom stereocenters. The van der Waals surface area contributed by atoms with Gasteiger partial charge >= 0.3 is 0 Å². The van der Waals surface area contributed by atoms with E-state index in [1.165, 1.54) is 4.57 Å². The van der Waals surface area contributed by atoms with E-state index in [0.29, 0.717) is 24.2 Å². The minimum Gasteiger partial charge on any atom is -0.508 e. The molecule has 1 aliphatic rings. The monoisotopic (exact) mass is 404 g/mol. The molecule has 7 heteroatoms. The molecule has 7 nitrogen and oxygen atoms in total. The number of carbonyl (C=O) groups excluding carboxylic acids is 1. The number of nitrogens with zero attached hydrogens (tertiary/aromatic N) is 2. The number of aromatic hydroxyl groups is 1. The lowest BCUT2D eigenvalue weighted by Crippen LogP contribution is -2.27. The summed E-state index contributed by atoms with van der Waals surface area (Å²) in [6, 6.07) is 12.7. The van der Waals surface area contributed by atoms with Crippen molar-refractivity contribution in [3.05, 3.63) is 81.9 Å². The van der Waals surface area contributed by atoms with Gasteiger partial charge in [0.25, 0.3) is 11.5 Å². The molecule has 1 fully saturated rings. The predicted molar refractivity (Wildman–Crippen MR) is 115 cm³/mol. The van der Waals surface area contributed by atoms with Gasteiger partial charge in [-0.1, -0.05) is 18.2 Å². The normalized spacial score (nSPS) is 13.1. The predicted octanol–water partition coefficient (Wildman–Crippen LogP) is 2.79. The summed E-state index contributed by atoms with van der Waals surface area (Å²) in [6.07, 6.45) is 5.85. The second kappa shape index (κ2) is 8.41. The maximum absolute atomic E-state index is 13.0. The van der Waals surface area contributed by atoms with Crippen LogP contribution in [-0.2, 0) is 6.42 Å². The van der Waals surface area contributed by atoms with Crippen LogP contribution in [0.3, 0.4) is 0 Å². The first-order valence-corrected chi connectivity index (χ1v) is 10.0. The van der Waals surface area contributed by atoms with Gasteiger partial charge in [-0.15, -0.1) is 0 Å². The summed E-state index contributed by atoms with van der Waals surface area (Å²) < 4.78 is 1.51. The van der Waals surface area contributed by atoms with Crippen LogP contribution in [0.4, 0.5) is 5.82 Å². The Morgan fingerprint density at radius 2 is 2.07 bits per heavy atom. The van der Waals surface area contributed by atoms with Gasteiger partial charge in [-0.05, 0) is 61.6 Å². The van der Waals surface area contributed by atoms with Gasteiger partial charge < -0.3 is 15.7 Å². The highest BCUT2D eigenvalue weighted by Crippen LogP contribution is 2.21. The Morgan fingerprint density at radius 1 is 1.23 bits per heavy atom. The van der Waals surface area contributed by atoms with Crippen molar-refractivity contribution in [1.29, 1.82) is 0 Å². The van der Waals surface area contributed by atoms with E-state index in [2.05, 4.69) is 15.6 Å². The molecule has 30 heavy (non-hydrogen) atoms. The highest BCUT2D eigenvalue weighted by molar-refractivity contribution is 5.95. The van der Waals surface area contributed by atoms with Crippen molar-refractivity contribution < 1.29 is 9.90 Å². The Bertz CT molecular complexity index is 1140. The summed E-state index contributed by atoms with van der Waals surface area (Å²) in [4.78, 5) is 29.6. The van der Waals surface area contributed by atoms with E-state index >= 15 is 0 Å². The summed E-state index contributed by atoms with van der Waals surface area (Å²) in [5.74, 6) is 0.337. The Balaban J connectivity index is 1.53. The second-order valence-electron chi connectivity index (χ2n) is 7.55. The first-order valence-electron chi connectivity index (χ1n) is 10.0. The minimum atomic E-state index is -0.281. The maximum atomic E-state index is 13.0. The topological polar surface area (TPSA) is 96.2 Å². The van der Waals surface area contributed by atoms with Crippen LogP contribution < -0.4 is 16.2 Å². The van der Waals surface area contributed by atoms with E-state index in [0.717, 1.165) is 24.0 Å². The molecule has 1 aromatic heterocycles. The molecular formula is C23H24N4O3. The molecule has 0 spiro atoms. The summed E-state index contributed by atoms with van der Waals surface area (Å²) in [5.41, 5.74) is 2.75. The Hall–Kier alpha value is -3.61. The molecular weight excluding hydrogens is 380 g/mol. The molecule has 0 radical (unpaired) electrons. The largest absolute Gasteiger partial charge is 0.508 e. The number of aromatic nitrogens is 2. The van der Waals surface area contributed by atoms with Gasteiger partial charge in [0.2, 0.25) is 0 Å². The summed E-state index contributed by atoms with van der Waals surface area (Å²) >= 11 is 0. The number of rotatable bonds is 7. The van der Waals surface area contributed by atoms with Crippen molar-refractivity contribution in [3.8, 4) is 11.4 Å². The Kier molecular flexibility index (Phi) is 5.52. The third kappa shape index (κ3) is 4.51. The zero-order chi connectivity index (χ0) is 21.1. The fourth-order valence-corrected chi connectivity index (χ4v) is 3.27. The number of phenolic OH excluding ortho intramolecular Hbond substituents is 1. The van der Waals surface area contributed by atoms with Crippen molar-refractivity contribution in [2.75, 3.05) is 11.9 Å². The molecule has 1 heterocycles. The van der Waals surface area contributed by atoms with Gasteiger partial charge in [0, 0.05) is 30.5 Å². The molecule has 1 saturated carbocycles. The van der Waals surface area contributed by atoms with Crippen LogP contribution in [0.1, 0.15) is 34.3 Å². The van der Waals surface area contributed by atoms with Gasteiger partial charge in [0.1, 0.15) is 5.75 Å². The average molecular weight is 404 g/mol. The zero-order valence-corrected chi connectivity index (χ0v) is 16.8. The number of amides is 1. The Morgan fingerprint density at radius 3 is 2.83 bits per heavy atom. The van der Waals surface area contributed by atoms with E-state index in [9.17, 15) is 14.7 Å². The molecule has 4 rings (SSSR count). The van der Waals surface area contributed by atoms with Gasteiger partial charge in [-0.2, -0.15) is 0 Å². The van der Waals surface area contributed by atoms with Gasteiger partial charge in [0.05, 0.1) is 5.69 Å². The number of hydrogen-bond acceptors (Lipinski definition) is 5. The third-order valence-electron chi connectivity index (χ3n) is 5.10. The number of hydrogen-bond donors (Lipinski definition) is 3. The molecule has 3 N–H and O–H groups in total. The molecule has 3 aromatic rings. The number of nitrogens with one attached hydrogen (secondary N) is 2. The van der Waals surface area contributed by atoms with Crippen molar-refractivity contribution in [2.24, 2.45) is 0 Å². The molecule has 154 valence electrons. The first-order chi connectivity index (χ1) is 14.5. The number of anilines is 1. The molecule has 0 aliphatic heterocycles. The maximum Gasteiger partial charge on any atom is 0.297 e. The number of carbonyl (C=O) groups is 1. The molecule has 2 aromatic carbocycles. The van der Waals surface area contributed by atoms with Crippen molar-refractivity contribution >= 4 is 11.7 Å². The lowest BCUT2D eigenvalue weighted by atomic mass is 10.1. The summed E-state index contributed by atoms with van der Waals surface area (Å²) in [7, 11) is 0. The van der Waals surface area contributed by atoms with Gasteiger partial charge in [0.15, 0.2) is 5.82 Å². The van der Waals surface area contributed by atoms with E-state index < -0.39 is 0 Å². The summed E-state index contributed by atoms with van der Waals surface area (Å²) in [5, 5.41) is 15.6.